The van der Waals surface area contributed by atoms with Crippen molar-refractivity contribution in [2.45, 2.75) is 30.8 Å². The molecule has 3 atom stereocenters. The minimum atomic E-state index is -0.522. The van der Waals surface area contributed by atoms with Crippen molar-refractivity contribution in [2.75, 3.05) is 0 Å². The van der Waals surface area contributed by atoms with Gasteiger partial charge in [0.25, 0.3) is 0 Å². The highest BCUT2D eigenvalue weighted by Gasteiger charge is 2.37. The highest BCUT2D eigenvalue weighted by molar-refractivity contribution is 8.14. The molecule has 0 saturated carbocycles. The van der Waals surface area contributed by atoms with E-state index in [9.17, 15) is 9.90 Å². The van der Waals surface area contributed by atoms with Crippen LogP contribution in [0.15, 0.2) is 12.7 Å². The molecule has 1 aliphatic rings. The van der Waals surface area contributed by atoms with Gasteiger partial charge in [-0.05, 0) is 18.7 Å². The summed E-state index contributed by atoms with van der Waals surface area (Å²) < 4.78 is 4.97. The highest BCUT2D eigenvalue weighted by Crippen LogP contribution is 2.32. The summed E-state index contributed by atoms with van der Waals surface area (Å²) >= 11 is 1.06. The lowest BCUT2D eigenvalue weighted by Gasteiger charge is -2.16. The molecule has 12 heavy (non-hydrogen) atoms. The predicted octanol–water partition coefficient (Wildman–Crippen LogP) is 1.56. The number of carbonyl (C=O) groups is 1. The van der Waals surface area contributed by atoms with Gasteiger partial charge in [-0.25, -0.2) is 4.79 Å². The molecule has 3 nitrogen and oxygen atoms in total. The minimum Gasteiger partial charge on any atom is -0.453 e. The molecule has 0 aromatic heterocycles. The van der Waals surface area contributed by atoms with Gasteiger partial charge in [-0.3, -0.25) is 0 Å². The Labute approximate surface area is 75.8 Å². The third kappa shape index (κ3) is 2.01. The molecule has 0 amide bonds. The van der Waals surface area contributed by atoms with E-state index in [0.717, 1.165) is 11.8 Å². The maximum Gasteiger partial charge on any atom is 0.368 e. The van der Waals surface area contributed by atoms with Gasteiger partial charge in [0.05, 0.1) is 11.4 Å². The summed E-state index contributed by atoms with van der Waals surface area (Å²) in [5.74, 6) is 0. The smallest absolute Gasteiger partial charge is 0.368 e. The second kappa shape index (κ2) is 3.96. The number of aliphatic hydroxyl groups is 1. The van der Waals surface area contributed by atoms with Crippen LogP contribution in [0.1, 0.15) is 13.3 Å². The van der Waals surface area contributed by atoms with E-state index in [4.69, 9.17) is 4.74 Å². The monoisotopic (exact) mass is 188 g/mol. The average molecular weight is 188 g/mol. The van der Waals surface area contributed by atoms with Gasteiger partial charge in [-0.2, -0.15) is 0 Å². The van der Waals surface area contributed by atoms with Gasteiger partial charge >= 0.3 is 5.30 Å². The molecule has 1 fully saturated rings. The van der Waals surface area contributed by atoms with E-state index in [2.05, 4.69) is 6.58 Å². The minimum absolute atomic E-state index is 0.143. The number of rotatable bonds is 3. The number of thioether (sulfide) groups is 1. The first-order valence-electron chi connectivity index (χ1n) is 3.81. The normalized spacial score (nSPS) is 31.3. The van der Waals surface area contributed by atoms with E-state index in [1.807, 2.05) is 0 Å². The molecular weight excluding hydrogens is 176 g/mol. The highest BCUT2D eigenvalue weighted by atomic mass is 32.2. The first-order valence-corrected chi connectivity index (χ1v) is 4.69. The number of carbonyl (C=O) groups excluding carboxylic acids is 1. The van der Waals surface area contributed by atoms with Gasteiger partial charge in [-0.15, -0.1) is 6.58 Å². The first kappa shape index (κ1) is 9.61. The van der Waals surface area contributed by atoms with Crippen LogP contribution in [0.4, 0.5) is 4.79 Å². The molecule has 0 aromatic rings. The van der Waals surface area contributed by atoms with Crippen molar-refractivity contribution in [1.82, 2.24) is 0 Å². The average Bonchev–Trinajstić information content (AvgIpc) is 2.32. The molecule has 4 heteroatoms. The van der Waals surface area contributed by atoms with E-state index in [0.29, 0.717) is 6.42 Å². The van der Waals surface area contributed by atoms with Crippen molar-refractivity contribution in [2.24, 2.45) is 0 Å². The molecule has 1 aliphatic heterocycles. The Morgan fingerprint density at radius 3 is 3.08 bits per heavy atom. The van der Waals surface area contributed by atoms with Crippen LogP contribution in [-0.4, -0.2) is 27.9 Å². The fourth-order valence-electron chi connectivity index (χ4n) is 1.16. The van der Waals surface area contributed by atoms with E-state index in [-0.39, 0.29) is 16.7 Å². The van der Waals surface area contributed by atoms with Crippen LogP contribution < -0.4 is 0 Å². The Morgan fingerprint density at radius 2 is 2.58 bits per heavy atom. The fraction of sp³-hybridized carbons (Fsp3) is 0.625. The van der Waals surface area contributed by atoms with Crippen molar-refractivity contribution in [3.8, 4) is 0 Å². The zero-order valence-corrected chi connectivity index (χ0v) is 7.71. The molecule has 0 aromatic carbocycles. The van der Waals surface area contributed by atoms with Crippen LogP contribution in [0.3, 0.4) is 0 Å². The SMILES string of the molecule is C=CC[C@@H]1OC(=O)S[C@@H]1[C@@H](C)O. The van der Waals surface area contributed by atoms with Crippen molar-refractivity contribution in [1.29, 1.82) is 0 Å². The topological polar surface area (TPSA) is 46.5 Å². The van der Waals surface area contributed by atoms with E-state index < -0.39 is 6.10 Å². The zero-order chi connectivity index (χ0) is 9.14. The Balaban J connectivity index is 2.58. The molecule has 1 saturated heterocycles. The van der Waals surface area contributed by atoms with Crippen LogP contribution in [0, 0.1) is 0 Å². The van der Waals surface area contributed by atoms with E-state index in [1.54, 1.807) is 13.0 Å². The number of aliphatic hydroxyl groups excluding tert-OH is 1. The van der Waals surface area contributed by atoms with Crippen LogP contribution in [0.2, 0.25) is 0 Å². The Hall–Kier alpha value is -0.480. The van der Waals surface area contributed by atoms with Crippen molar-refractivity contribution in [3.63, 3.8) is 0 Å². The molecular formula is C8H12O3S. The summed E-state index contributed by atoms with van der Waals surface area (Å²) in [7, 11) is 0. The summed E-state index contributed by atoms with van der Waals surface area (Å²) in [6.07, 6.45) is 1.57. The van der Waals surface area contributed by atoms with Gasteiger partial charge in [0, 0.05) is 6.42 Å². The maximum atomic E-state index is 10.8. The van der Waals surface area contributed by atoms with Gasteiger partial charge in [-0.1, -0.05) is 6.08 Å². The Morgan fingerprint density at radius 1 is 1.92 bits per heavy atom. The zero-order valence-electron chi connectivity index (χ0n) is 6.90. The second-order valence-electron chi connectivity index (χ2n) is 2.75. The summed E-state index contributed by atoms with van der Waals surface area (Å²) in [6.45, 7) is 5.22. The first-order chi connectivity index (χ1) is 5.65. The molecule has 0 aliphatic carbocycles. The maximum absolute atomic E-state index is 10.8. The van der Waals surface area contributed by atoms with Crippen LogP contribution >= 0.6 is 11.8 Å². The lowest BCUT2D eigenvalue weighted by molar-refractivity contribution is 0.0956. The Kier molecular flexibility index (Phi) is 3.17. The Bertz CT molecular complexity index is 191. The summed E-state index contributed by atoms with van der Waals surface area (Å²) in [5, 5.41) is 8.84. The third-order valence-electron chi connectivity index (χ3n) is 1.72. The van der Waals surface area contributed by atoms with E-state index in [1.165, 1.54) is 0 Å². The number of cyclic esters (lactones) is 1. The number of ether oxygens (including phenoxy) is 1. The van der Waals surface area contributed by atoms with Crippen molar-refractivity contribution in [3.05, 3.63) is 12.7 Å². The van der Waals surface area contributed by atoms with Gasteiger partial charge in [0.1, 0.15) is 6.10 Å². The largest absolute Gasteiger partial charge is 0.453 e. The lowest BCUT2D eigenvalue weighted by atomic mass is 10.1. The van der Waals surface area contributed by atoms with Crippen LogP contribution in [-0.2, 0) is 4.74 Å². The standard InChI is InChI=1S/C8H12O3S/c1-3-4-6-7(5(2)9)12-8(10)11-6/h3,5-7,9H,1,4H2,2H3/t5-,6+,7-/m1/s1. The lowest BCUT2D eigenvalue weighted by Crippen LogP contribution is -2.29. The summed E-state index contributed by atoms with van der Waals surface area (Å²) in [4.78, 5) is 10.8. The fourth-order valence-corrected chi connectivity index (χ4v) is 2.08. The number of hydrogen-bond acceptors (Lipinski definition) is 4. The van der Waals surface area contributed by atoms with Crippen molar-refractivity contribution >= 4 is 17.1 Å². The molecule has 0 radical (unpaired) electrons. The van der Waals surface area contributed by atoms with Gasteiger partial charge < -0.3 is 9.84 Å². The van der Waals surface area contributed by atoms with Gasteiger partial charge in [0.2, 0.25) is 0 Å². The molecule has 1 heterocycles. The van der Waals surface area contributed by atoms with Gasteiger partial charge in [0.15, 0.2) is 0 Å². The predicted molar refractivity (Wildman–Crippen MR) is 48.1 cm³/mol. The number of hydrogen-bond donors (Lipinski definition) is 1. The van der Waals surface area contributed by atoms with Crippen LogP contribution in [0.5, 0.6) is 0 Å². The molecule has 0 bridgehead atoms. The quantitative estimate of drug-likeness (QED) is 0.539. The molecule has 68 valence electrons. The molecule has 0 spiro atoms. The molecule has 0 unspecified atom stereocenters. The molecule has 1 N–H and O–H groups in total. The van der Waals surface area contributed by atoms with Crippen LogP contribution in [0.25, 0.3) is 0 Å². The van der Waals surface area contributed by atoms with E-state index >= 15 is 0 Å². The summed E-state index contributed by atoms with van der Waals surface area (Å²) in [6, 6.07) is 0. The third-order valence-corrected chi connectivity index (χ3v) is 2.98. The summed E-state index contributed by atoms with van der Waals surface area (Å²) in [5.41, 5.74) is 0. The molecule has 1 rings (SSSR count). The second-order valence-corrected chi connectivity index (χ2v) is 3.87. The van der Waals surface area contributed by atoms with Crippen molar-refractivity contribution < 1.29 is 14.6 Å².